The number of aromatic nitrogens is 1. The number of nitrogens with two attached hydrogens (primary N) is 1. The Morgan fingerprint density at radius 3 is 2.64 bits per heavy atom. The van der Waals surface area contributed by atoms with E-state index in [0.29, 0.717) is 11.0 Å². The highest BCUT2D eigenvalue weighted by Gasteiger charge is 2.31. The molecule has 6 nitrogen and oxygen atoms in total. The van der Waals surface area contributed by atoms with Gasteiger partial charge in [0.1, 0.15) is 9.84 Å². The average Bonchev–Trinajstić information content (AvgIpc) is 2.83. The SMILES string of the molecule is CC(C)(C)C1CCc2nc(NC(=O)C(N)CCS(C)(=O)=O)sc2C1.Cl. The van der Waals surface area contributed by atoms with Crippen molar-refractivity contribution in [3.63, 3.8) is 0 Å². The summed E-state index contributed by atoms with van der Waals surface area (Å²) in [5, 5.41) is 3.30. The summed E-state index contributed by atoms with van der Waals surface area (Å²) in [5.74, 6) is 0.145. The summed E-state index contributed by atoms with van der Waals surface area (Å²) in [6.07, 6.45) is 4.29. The number of aryl methyl sites for hydroxylation is 1. The van der Waals surface area contributed by atoms with Crippen molar-refractivity contribution in [2.24, 2.45) is 17.1 Å². The summed E-state index contributed by atoms with van der Waals surface area (Å²) in [5.41, 5.74) is 7.11. The molecule has 25 heavy (non-hydrogen) atoms. The van der Waals surface area contributed by atoms with E-state index in [9.17, 15) is 13.2 Å². The number of carbonyl (C=O) groups excluding carboxylic acids is 1. The highest BCUT2D eigenvalue weighted by atomic mass is 35.5. The molecule has 1 aliphatic carbocycles. The fourth-order valence-corrected chi connectivity index (χ4v) is 4.61. The molecule has 0 aliphatic heterocycles. The van der Waals surface area contributed by atoms with Crippen molar-refractivity contribution in [3.05, 3.63) is 10.6 Å². The van der Waals surface area contributed by atoms with Crippen LogP contribution in [0.2, 0.25) is 0 Å². The van der Waals surface area contributed by atoms with Crippen LogP contribution in [0.4, 0.5) is 5.13 Å². The molecule has 9 heteroatoms. The van der Waals surface area contributed by atoms with Crippen LogP contribution >= 0.6 is 23.7 Å². The first kappa shape index (κ1) is 22.3. The van der Waals surface area contributed by atoms with Crippen LogP contribution in [0.15, 0.2) is 0 Å². The fourth-order valence-electron chi connectivity index (χ4n) is 2.84. The second kappa shape index (κ2) is 8.33. The van der Waals surface area contributed by atoms with Crippen molar-refractivity contribution in [2.45, 2.75) is 52.5 Å². The van der Waals surface area contributed by atoms with Crippen molar-refractivity contribution in [1.29, 1.82) is 0 Å². The van der Waals surface area contributed by atoms with Crippen LogP contribution < -0.4 is 11.1 Å². The first-order valence-corrected chi connectivity index (χ1v) is 11.1. The van der Waals surface area contributed by atoms with Gasteiger partial charge in [0.25, 0.3) is 0 Å². The minimum absolute atomic E-state index is 0. The molecule has 1 heterocycles. The van der Waals surface area contributed by atoms with E-state index in [0.717, 1.165) is 31.2 Å². The number of fused-ring (bicyclic) bond motifs is 1. The van der Waals surface area contributed by atoms with Gasteiger partial charge in [-0.25, -0.2) is 13.4 Å². The highest BCUT2D eigenvalue weighted by Crippen LogP contribution is 2.40. The summed E-state index contributed by atoms with van der Waals surface area (Å²) < 4.78 is 22.3. The smallest absolute Gasteiger partial charge is 0.243 e. The van der Waals surface area contributed by atoms with Gasteiger partial charge in [-0.2, -0.15) is 0 Å². The molecule has 0 saturated heterocycles. The summed E-state index contributed by atoms with van der Waals surface area (Å²) in [6, 6.07) is -0.844. The van der Waals surface area contributed by atoms with E-state index in [2.05, 4.69) is 31.1 Å². The molecule has 0 radical (unpaired) electrons. The molecular weight excluding hydrogens is 382 g/mol. The van der Waals surface area contributed by atoms with Gasteiger partial charge in [-0.05, 0) is 37.0 Å². The topological polar surface area (TPSA) is 102 Å². The summed E-state index contributed by atoms with van der Waals surface area (Å²) in [4.78, 5) is 17.8. The van der Waals surface area contributed by atoms with Crippen LogP contribution in [-0.4, -0.2) is 37.4 Å². The monoisotopic (exact) mass is 409 g/mol. The Morgan fingerprint density at radius 2 is 2.08 bits per heavy atom. The maximum absolute atomic E-state index is 12.1. The Morgan fingerprint density at radius 1 is 1.44 bits per heavy atom. The van der Waals surface area contributed by atoms with E-state index in [1.807, 2.05) is 0 Å². The molecule has 0 bridgehead atoms. The van der Waals surface area contributed by atoms with Crippen LogP contribution in [-0.2, 0) is 27.5 Å². The Bertz CT molecular complexity index is 711. The van der Waals surface area contributed by atoms with Gasteiger partial charge >= 0.3 is 0 Å². The number of hydrogen-bond acceptors (Lipinski definition) is 6. The lowest BCUT2D eigenvalue weighted by molar-refractivity contribution is -0.117. The quantitative estimate of drug-likeness (QED) is 0.777. The van der Waals surface area contributed by atoms with Crippen LogP contribution in [0.3, 0.4) is 0 Å². The lowest BCUT2D eigenvalue weighted by atomic mass is 9.73. The molecule has 1 amide bonds. The van der Waals surface area contributed by atoms with Crippen LogP contribution in [0, 0.1) is 11.3 Å². The van der Waals surface area contributed by atoms with Crippen molar-refractivity contribution in [1.82, 2.24) is 4.98 Å². The number of nitrogens with one attached hydrogen (secondary N) is 1. The Balaban J connectivity index is 0.00000312. The van der Waals surface area contributed by atoms with Gasteiger partial charge in [-0.15, -0.1) is 23.7 Å². The molecule has 144 valence electrons. The van der Waals surface area contributed by atoms with Gasteiger partial charge < -0.3 is 11.1 Å². The third-order valence-electron chi connectivity index (χ3n) is 4.53. The van der Waals surface area contributed by atoms with Crippen LogP contribution in [0.25, 0.3) is 0 Å². The Hall–Kier alpha value is -0.700. The molecule has 0 spiro atoms. The number of rotatable bonds is 5. The number of thiazole rings is 1. The zero-order valence-electron chi connectivity index (χ0n) is 15.2. The lowest BCUT2D eigenvalue weighted by Crippen LogP contribution is -2.37. The first-order chi connectivity index (χ1) is 11.0. The van der Waals surface area contributed by atoms with Crippen molar-refractivity contribution in [2.75, 3.05) is 17.3 Å². The molecule has 0 aromatic carbocycles. The van der Waals surface area contributed by atoms with Gasteiger partial charge in [-0.3, -0.25) is 4.79 Å². The number of carbonyl (C=O) groups is 1. The number of hydrogen-bond donors (Lipinski definition) is 2. The van der Waals surface area contributed by atoms with E-state index in [4.69, 9.17) is 5.73 Å². The standard InChI is InChI=1S/C16H27N3O3S2.ClH/c1-16(2,3)10-5-6-12-13(9-10)23-15(18-12)19-14(20)11(17)7-8-24(4,21)22;/h10-11H,5-9,17H2,1-4H3,(H,18,19,20);1H. The first-order valence-electron chi connectivity index (χ1n) is 8.18. The number of anilines is 1. The van der Waals surface area contributed by atoms with E-state index < -0.39 is 15.9 Å². The fraction of sp³-hybridized carbons (Fsp3) is 0.750. The molecule has 2 rings (SSSR count). The van der Waals surface area contributed by atoms with E-state index in [-0.39, 0.29) is 35.9 Å². The molecule has 0 saturated carbocycles. The van der Waals surface area contributed by atoms with Crippen molar-refractivity contribution in [3.8, 4) is 0 Å². The second-order valence-corrected chi connectivity index (χ2v) is 11.1. The molecule has 0 fully saturated rings. The highest BCUT2D eigenvalue weighted by molar-refractivity contribution is 7.90. The summed E-state index contributed by atoms with van der Waals surface area (Å²) in [7, 11) is -3.12. The molecule has 1 aromatic rings. The zero-order chi connectivity index (χ0) is 18.1. The lowest BCUT2D eigenvalue weighted by Gasteiger charge is -2.33. The zero-order valence-corrected chi connectivity index (χ0v) is 17.6. The van der Waals surface area contributed by atoms with Gasteiger partial charge in [0.2, 0.25) is 5.91 Å². The number of halogens is 1. The molecule has 2 unspecified atom stereocenters. The molecule has 3 N–H and O–H groups in total. The molecule has 1 aromatic heterocycles. The van der Waals surface area contributed by atoms with E-state index >= 15 is 0 Å². The maximum Gasteiger partial charge on any atom is 0.243 e. The second-order valence-electron chi connectivity index (χ2n) is 7.71. The van der Waals surface area contributed by atoms with Gasteiger partial charge in [0.15, 0.2) is 5.13 Å². The summed E-state index contributed by atoms with van der Waals surface area (Å²) >= 11 is 1.51. The van der Waals surface area contributed by atoms with Gasteiger partial charge in [-0.1, -0.05) is 20.8 Å². The number of nitrogens with zero attached hydrogens (tertiary/aromatic N) is 1. The Labute approximate surface area is 160 Å². The molecule has 2 atom stereocenters. The Kier molecular flexibility index (Phi) is 7.44. The predicted octanol–water partition coefficient (Wildman–Crippen LogP) is 2.42. The maximum atomic E-state index is 12.1. The number of sulfone groups is 1. The summed E-state index contributed by atoms with van der Waals surface area (Å²) in [6.45, 7) is 6.77. The minimum Gasteiger partial charge on any atom is -0.320 e. The van der Waals surface area contributed by atoms with Crippen LogP contribution in [0.1, 0.15) is 44.2 Å². The van der Waals surface area contributed by atoms with E-state index in [1.54, 1.807) is 0 Å². The van der Waals surface area contributed by atoms with Gasteiger partial charge in [0, 0.05) is 11.1 Å². The van der Waals surface area contributed by atoms with E-state index in [1.165, 1.54) is 16.2 Å². The normalized spacial score (nSPS) is 18.8. The third kappa shape index (κ3) is 6.51. The van der Waals surface area contributed by atoms with Gasteiger partial charge in [0.05, 0.1) is 17.5 Å². The van der Waals surface area contributed by atoms with Crippen LogP contribution in [0.5, 0.6) is 0 Å². The third-order valence-corrected chi connectivity index (χ3v) is 6.54. The van der Waals surface area contributed by atoms with Crippen molar-refractivity contribution >= 4 is 44.6 Å². The largest absolute Gasteiger partial charge is 0.320 e. The number of amides is 1. The average molecular weight is 410 g/mol. The molecular formula is C16H28ClN3O3S2. The minimum atomic E-state index is -3.12. The van der Waals surface area contributed by atoms with Crippen molar-refractivity contribution < 1.29 is 13.2 Å². The predicted molar refractivity (Wildman–Crippen MR) is 105 cm³/mol. The molecule has 1 aliphatic rings.